The molecular weight excluding hydrogens is 399 g/mol. The fourth-order valence-corrected chi connectivity index (χ4v) is 3.14. The van der Waals surface area contributed by atoms with Gasteiger partial charge in [-0.2, -0.15) is 18.4 Å². The molecule has 0 aliphatic rings. The first-order valence-electron chi connectivity index (χ1n) is 9.02. The molecule has 4 aromatic rings. The van der Waals surface area contributed by atoms with Crippen LogP contribution >= 0.6 is 0 Å². The van der Waals surface area contributed by atoms with Crippen LogP contribution in [0, 0.1) is 0 Å². The lowest BCUT2D eigenvalue weighted by atomic mass is 9.96. The summed E-state index contributed by atoms with van der Waals surface area (Å²) >= 11 is 0. The third-order valence-electron chi connectivity index (χ3n) is 4.59. The van der Waals surface area contributed by atoms with Crippen molar-refractivity contribution < 1.29 is 22.4 Å². The van der Waals surface area contributed by atoms with E-state index in [1.54, 1.807) is 32.0 Å². The molecule has 4 rings (SSSR count). The van der Waals surface area contributed by atoms with Gasteiger partial charge >= 0.3 is 6.18 Å². The van der Waals surface area contributed by atoms with E-state index in [4.69, 9.17) is 4.42 Å². The van der Waals surface area contributed by atoms with Crippen LogP contribution in [0.25, 0.3) is 22.6 Å². The van der Waals surface area contributed by atoms with E-state index in [1.165, 1.54) is 18.2 Å². The van der Waals surface area contributed by atoms with Gasteiger partial charge in [0.25, 0.3) is 5.91 Å². The van der Waals surface area contributed by atoms with Gasteiger partial charge in [0.1, 0.15) is 5.58 Å². The van der Waals surface area contributed by atoms with Crippen molar-refractivity contribution in [3.8, 4) is 11.6 Å². The molecule has 30 heavy (non-hydrogen) atoms. The Morgan fingerprint density at radius 3 is 2.60 bits per heavy atom. The monoisotopic (exact) mass is 415 g/mol. The van der Waals surface area contributed by atoms with Crippen LogP contribution in [0.4, 0.5) is 18.9 Å². The smallest absolute Gasteiger partial charge is 0.416 e. The SMILES string of the molecule is CC(C)c1ccc(NC(=O)c2ccc3cc(-c4nn[nH]n4)oc3c2)cc1C(F)(F)F. The van der Waals surface area contributed by atoms with Crippen LogP contribution < -0.4 is 5.32 Å². The molecule has 2 aromatic carbocycles. The third-order valence-corrected chi connectivity index (χ3v) is 4.59. The van der Waals surface area contributed by atoms with E-state index in [-0.39, 0.29) is 28.6 Å². The Morgan fingerprint density at radius 1 is 1.13 bits per heavy atom. The number of furan rings is 1. The number of amides is 1. The van der Waals surface area contributed by atoms with Gasteiger partial charge in [-0.15, -0.1) is 10.2 Å². The Balaban J connectivity index is 1.61. The molecule has 0 saturated heterocycles. The number of H-pyrrole nitrogens is 1. The standard InChI is InChI=1S/C20H16F3N5O2/c1-10(2)14-6-5-13(9-15(14)20(21,22)23)24-19(29)12-4-3-11-7-17(30-16(11)8-12)18-25-27-28-26-18/h3-10H,1-2H3,(H,24,29)(H,25,26,27,28). The number of fused-ring (bicyclic) bond motifs is 1. The molecule has 0 aliphatic heterocycles. The molecule has 0 aliphatic carbocycles. The number of carbonyl (C=O) groups excluding carboxylic acids is 1. The summed E-state index contributed by atoms with van der Waals surface area (Å²) in [6.07, 6.45) is -4.51. The number of nitrogens with zero attached hydrogens (tertiary/aromatic N) is 3. The van der Waals surface area contributed by atoms with Crippen molar-refractivity contribution in [1.29, 1.82) is 0 Å². The Morgan fingerprint density at radius 2 is 1.93 bits per heavy atom. The van der Waals surface area contributed by atoms with E-state index in [1.807, 2.05) is 0 Å². The van der Waals surface area contributed by atoms with Gasteiger partial charge in [-0.25, -0.2) is 0 Å². The summed E-state index contributed by atoms with van der Waals surface area (Å²) in [6, 6.07) is 10.2. The molecule has 0 atom stereocenters. The number of nitrogens with one attached hydrogen (secondary N) is 2. The highest BCUT2D eigenvalue weighted by Crippen LogP contribution is 2.37. The number of anilines is 1. The minimum absolute atomic E-state index is 0.0590. The number of tetrazole rings is 1. The number of alkyl halides is 3. The summed E-state index contributed by atoms with van der Waals surface area (Å²) in [5.41, 5.74) is 0.114. The molecule has 0 saturated carbocycles. The number of hydrogen-bond acceptors (Lipinski definition) is 5. The number of rotatable bonds is 4. The number of benzene rings is 2. The Kier molecular flexibility index (Phi) is 4.76. The van der Waals surface area contributed by atoms with E-state index >= 15 is 0 Å². The summed E-state index contributed by atoms with van der Waals surface area (Å²) in [6.45, 7) is 3.37. The lowest BCUT2D eigenvalue weighted by molar-refractivity contribution is -0.138. The quantitative estimate of drug-likeness (QED) is 0.489. The van der Waals surface area contributed by atoms with Gasteiger partial charge in [0, 0.05) is 16.6 Å². The summed E-state index contributed by atoms with van der Waals surface area (Å²) in [4.78, 5) is 12.6. The average molecular weight is 415 g/mol. The maximum absolute atomic E-state index is 13.4. The van der Waals surface area contributed by atoms with Crippen molar-refractivity contribution in [3.05, 3.63) is 59.2 Å². The number of hydrogen-bond donors (Lipinski definition) is 2. The molecule has 0 radical (unpaired) electrons. The van der Waals surface area contributed by atoms with Crippen LogP contribution in [-0.2, 0) is 6.18 Å². The highest BCUT2D eigenvalue weighted by Gasteiger charge is 2.34. The zero-order valence-corrected chi connectivity index (χ0v) is 15.9. The highest BCUT2D eigenvalue weighted by atomic mass is 19.4. The van der Waals surface area contributed by atoms with Crippen LogP contribution in [0.15, 0.2) is 46.9 Å². The van der Waals surface area contributed by atoms with Gasteiger partial charge in [-0.3, -0.25) is 4.79 Å². The van der Waals surface area contributed by atoms with Crippen LogP contribution in [0.1, 0.15) is 41.3 Å². The number of carbonyl (C=O) groups is 1. The van der Waals surface area contributed by atoms with Crippen LogP contribution in [0.5, 0.6) is 0 Å². The number of aromatic amines is 1. The maximum Gasteiger partial charge on any atom is 0.416 e. The van der Waals surface area contributed by atoms with Crippen molar-refractivity contribution in [1.82, 2.24) is 20.6 Å². The topological polar surface area (TPSA) is 96.7 Å². The predicted octanol–water partition coefficient (Wildman–Crippen LogP) is 5.01. The van der Waals surface area contributed by atoms with Crippen molar-refractivity contribution in [2.75, 3.05) is 5.32 Å². The highest BCUT2D eigenvalue weighted by molar-refractivity contribution is 6.06. The maximum atomic E-state index is 13.4. The third kappa shape index (κ3) is 3.76. The molecule has 2 aromatic heterocycles. The van der Waals surface area contributed by atoms with Crippen LogP contribution in [0.3, 0.4) is 0 Å². The molecule has 0 unspecified atom stereocenters. The van der Waals surface area contributed by atoms with Gasteiger partial charge in [-0.05, 0) is 47.0 Å². The lowest BCUT2D eigenvalue weighted by Gasteiger charge is -2.17. The van der Waals surface area contributed by atoms with Crippen molar-refractivity contribution >= 4 is 22.6 Å². The normalized spacial score (nSPS) is 11.9. The minimum atomic E-state index is -4.51. The summed E-state index contributed by atoms with van der Waals surface area (Å²) in [5.74, 6) is -0.224. The molecule has 154 valence electrons. The molecular formula is C20H16F3N5O2. The molecule has 0 fully saturated rings. The zero-order chi connectivity index (χ0) is 21.5. The molecule has 2 N–H and O–H groups in total. The number of aromatic nitrogens is 4. The molecule has 2 heterocycles. The first-order valence-corrected chi connectivity index (χ1v) is 9.02. The molecule has 1 amide bonds. The van der Waals surface area contributed by atoms with Crippen molar-refractivity contribution in [2.24, 2.45) is 0 Å². The van der Waals surface area contributed by atoms with E-state index < -0.39 is 17.6 Å². The largest absolute Gasteiger partial charge is 0.453 e. The Bertz CT molecular complexity index is 1210. The van der Waals surface area contributed by atoms with E-state index in [0.29, 0.717) is 16.7 Å². The van der Waals surface area contributed by atoms with Gasteiger partial charge in [0.2, 0.25) is 5.82 Å². The lowest BCUT2D eigenvalue weighted by Crippen LogP contribution is -2.15. The average Bonchev–Trinajstić information content (AvgIpc) is 3.35. The summed E-state index contributed by atoms with van der Waals surface area (Å²) in [7, 11) is 0. The van der Waals surface area contributed by atoms with E-state index in [2.05, 4.69) is 25.9 Å². The zero-order valence-electron chi connectivity index (χ0n) is 15.9. The van der Waals surface area contributed by atoms with E-state index in [9.17, 15) is 18.0 Å². The van der Waals surface area contributed by atoms with Crippen molar-refractivity contribution in [2.45, 2.75) is 25.9 Å². The van der Waals surface area contributed by atoms with Crippen LogP contribution in [0.2, 0.25) is 0 Å². The Hall–Kier alpha value is -3.69. The first kappa shape index (κ1) is 19.6. The first-order chi connectivity index (χ1) is 14.2. The van der Waals surface area contributed by atoms with Gasteiger partial charge in [0.05, 0.1) is 5.56 Å². The number of halogens is 3. The second-order valence-corrected chi connectivity index (χ2v) is 7.01. The second kappa shape index (κ2) is 7.29. The van der Waals surface area contributed by atoms with Gasteiger partial charge < -0.3 is 9.73 Å². The fourth-order valence-electron chi connectivity index (χ4n) is 3.14. The Labute approximate surface area is 168 Å². The molecule has 7 nitrogen and oxygen atoms in total. The molecule has 0 spiro atoms. The van der Waals surface area contributed by atoms with Gasteiger partial charge in [0.15, 0.2) is 5.76 Å². The van der Waals surface area contributed by atoms with Gasteiger partial charge in [-0.1, -0.05) is 26.0 Å². The minimum Gasteiger partial charge on any atom is -0.453 e. The fraction of sp³-hybridized carbons (Fsp3) is 0.200. The predicted molar refractivity (Wildman–Crippen MR) is 103 cm³/mol. The van der Waals surface area contributed by atoms with Crippen molar-refractivity contribution in [3.63, 3.8) is 0 Å². The van der Waals surface area contributed by atoms with Crippen LogP contribution in [-0.4, -0.2) is 26.5 Å². The molecule has 0 bridgehead atoms. The summed E-state index contributed by atoms with van der Waals surface area (Å²) < 4.78 is 45.8. The molecule has 10 heteroatoms. The van der Waals surface area contributed by atoms with E-state index in [0.717, 1.165) is 6.07 Å². The second-order valence-electron chi connectivity index (χ2n) is 7.01. The summed E-state index contributed by atoms with van der Waals surface area (Å²) in [5, 5.41) is 16.7.